The van der Waals surface area contributed by atoms with Gasteiger partial charge in [-0.1, -0.05) is 6.07 Å². The van der Waals surface area contributed by atoms with Gasteiger partial charge in [0, 0.05) is 5.56 Å². The molecule has 2 nitrogen and oxygen atoms in total. The molecule has 0 aromatic heterocycles. The molecule has 0 atom stereocenters. The Kier molecular flexibility index (Phi) is 3.63. The van der Waals surface area contributed by atoms with Gasteiger partial charge in [0.25, 0.3) is 0 Å². The third kappa shape index (κ3) is 2.87. The Morgan fingerprint density at radius 1 is 1.06 bits per heavy atom. The molecule has 0 bridgehead atoms. The zero-order chi connectivity index (χ0) is 13.1. The van der Waals surface area contributed by atoms with Crippen molar-refractivity contribution in [2.75, 3.05) is 0 Å². The molecule has 0 fully saturated rings. The molecule has 94 valence electrons. The van der Waals surface area contributed by atoms with Gasteiger partial charge >= 0.3 is 0 Å². The first kappa shape index (κ1) is 12.6. The van der Waals surface area contributed by atoms with Crippen molar-refractivity contribution in [3.63, 3.8) is 0 Å². The van der Waals surface area contributed by atoms with Gasteiger partial charge in [-0.3, -0.25) is 0 Å². The molecule has 0 radical (unpaired) electrons. The summed E-state index contributed by atoms with van der Waals surface area (Å²) in [4.78, 5) is 0. The molecule has 0 heterocycles. The van der Waals surface area contributed by atoms with Crippen LogP contribution in [0.5, 0.6) is 11.5 Å². The molecule has 0 saturated carbocycles. The summed E-state index contributed by atoms with van der Waals surface area (Å²) in [6.07, 6.45) is 0. The average Bonchev–Trinajstić information content (AvgIpc) is 2.30. The van der Waals surface area contributed by atoms with Gasteiger partial charge in [-0.05, 0) is 55.3 Å². The number of aryl methyl sites for hydroxylation is 2. The maximum absolute atomic E-state index is 13.0. The van der Waals surface area contributed by atoms with Crippen LogP contribution in [0.2, 0.25) is 0 Å². The van der Waals surface area contributed by atoms with Gasteiger partial charge in [-0.25, -0.2) is 4.39 Å². The lowest BCUT2D eigenvalue weighted by molar-refractivity contribution is 0.276. The van der Waals surface area contributed by atoms with Crippen molar-refractivity contribution in [3.05, 3.63) is 58.9 Å². The van der Waals surface area contributed by atoms with Crippen molar-refractivity contribution in [3.8, 4) is 11.5 Å². The predicted octanol–water partition coefficient (Wildman–Crippen LogP) is 3.73. The van der Waals surface area contributed by atoms with Crippen molar-refractivity contribution >= 4 is 0 Å². The lowest BCUT2D eigenvalue weighted by atomic mass is 10.1. The number of ether oxygens (including phenoxy) is 1. The van der Waals surface area contributed by atoms with E-state index in [2.05, 4.69) is 0 Å². The zero-order valence-electron chi connectivity index (χ0n) is 10.4. The van der Waals surface area contributed by atoms with E-state index in [4.69, 9.17) is 4.74 Å². The summed E-state index contributed by atoms with van der Waals surface area (Å²) >= 11 is 0. The van der Waals surface area contributed by atoms with Crippen LogP contribution in [0.15, 0.2) is 36.4 Å². The second-order valence-electron chi connectivity index (χ2n) is 4.34. The molecule has 0 unspecified atom stereocenters. The van der Waals surface area contributed by atoms with E-state index in [-0.39, 0.29) is 12.4 Å². The minimum absolute atomic E-state index is 0.252. The first-order chi connectivity index (χ1) is 8.58. The number of aliphatic hydroxyl groups is 1. The highest BCUT2D eigenvalue weighted by atomic mass is 19.1. The van der Waals surface area contributed by atoms with Gasteiger partial charge in [0.05, 0.1) is 6.61 Å². The third-order valence-corrected chi connectivity index (χ3v) is 2.62. The molecule has 0 saturated heterocycles. The quantitative estimate of drug-likeness (QED) is 0.894. The Bertz CT molecular complexity index is 544. The van der Waals surface area contributed by atoms with Crippen LogP contribution >= 0.6 is 0 Å². The normalized spacial score (nSPS) is 10.4. The molecule has 3 heteroatoms. The summed E-state index contributed by atoms with van der Waals surface area (Å²) in [5.41, 5.74) is 2.63. The highest BCUT2D eigenvalue weighted by Crippen LogP contribution is 2.27. The van der Waals surface area contributed by atoms with E-state index in [9.17, 15) is 9.50 Å². The first-order valence-corrected chi connectivity index (χ1v) is 5.74. The van der Waals surface area contributed by atoms with E-state index >= 15 is 0 Å². The van der Waals surface area contributed by atoms with Crippen LogP contribution in [-0.2, 0) is 6.61 Å². The van der Waals surface area contributed by atoms with Crippen LogP contribution < -0.4 is 4.74 Å². The van der Waals surface area contributed by atoms with Crippen molar-refractivity contribution in [1.29, 1.82) is 0 Å². The first-order valence-electron chi connectivity index (χ1n) is 5.74. The molecule has 0 spiro atoms. The predicted molar refractivity (Wildman–Crippen MR) is 68.3 cm³/mol. The molecular formula is C15H15FO2. The summed E-state index contributed by atoms with van der Waals surface area (Å²) in [7, 11) is 0. The lowest BCUT2D eigenvalue weighted by Crippen LogP contribution is -1.93. The number of aliphatic hydroxyl groups excluding tert-OH is 1. The van der Waals surface area contributed by atoms with Gasteiger partial charge in [0.15, 0.2) is 0 Å². The smallest absolute Gasteiger partial charge is 0.133 e. The van der Waals surface area contributed by atoms with Gasteiger partial charge in [-0.2, -0.15) is 0 Å². The number of halogens is 1. The molecule has 0 aliphatic heterocycles. The van der Waals surface area contributed by atoms with Crippen LogP contribution in [-0.4, -0.2) is 5.11 Å². The van der Waals surface area contributed by atoms with E-state index in [1.54, 1.807) is 0 Å². The summed E-state index contributed by atoms with van der Waals surface area (Å²) in [5.74, 6) is 0.782. The fourth-order valence-electron chi connectivity index (χ4n) is 1.89. The summed E-state index contributed by atoms with van der Waals surface area (Å²) in [5, 5.41) is 9.18. The molecule has 2 aromatic rings. The maximum Gasteiger partial charge on any atom is 0.133 e. The van der Waals surface area contributed by atoms with Gasteiger partial charge in [0.2, 0.25) is 0 Å². The molecule has 0 amide bonds. The molecule has 2 rings (SSSR count). The van der Waals surface area contributed by atoms with Gasteiger partial charge in [-0.15, -0.1) is 0 Å². The third-order valence-electron chi connectivity index (χ3n) is 2.62. The Labute approximate surface area is 106 Å². The lowest BCUT2D eigenvalue weighted by Gasteiger charge is -2.11. The highest BCUT2D eigenvalue weighted by Gasteiger charge is 2.06. The van der Waals surface area contributed by atoms with Crippen LogP contribution in [0.25, 0.3) is 0 Å². The SMILES string of the molecule is Cc1cc(C)cc(Oc2ccc(F)cc2CO)c1. The number of rotatable bonds is 3. The molecular weight excluding hydrogens is 231 g/mol. The average molecular weight is 246 g/mol. The Hall–Kier alpha value is -1.87. The van der Waals surface area contributed by atoms with E-state index < -0.39 is 0 Å². The fourth-order valence-corrected chi connectivity index (χ4v) is 1.89. The van der Waals surface area contributed by atoms with Crippen molar-refractivity contribution in [2.45, 2.75) is 20.5 Å². The van der Waals surface area contributed by atoms with Crippen molar-refractivity contribution in [2.24, 2.45) is 0 Å². The second kappa shape index (κ2) is 5.19. The largest absolute Gasteiger partial charge is 0.457 e. The minimum atomic E-state index is -0.383. The summed E-state index contributed by atoms with van der Waals surface area (Å²) in [6, 6.07) is 9.97. The fraction of sp³-hybridized carbons (Fsp3) is 0.200. The van der Waals surface area contributed by atoms with Crippen LogP contribution in [0.4, 0.5) is 4.39 Å². The summed E-state index contributed by atoms with van der Waals surface area (Å²) in [6.45, 7) is 3.72. The van der Waals surface area contributed by atoms with Gasteiger partial charge in [0.1, 0.15) is 17.3 Å². The monoisotopic (exact) mass is 246 g/mol. The topological polar surface area (TPSA) is 29.5 Å². The Morgan fingerprint density at radius 3 is 2.33 bits per heavy atom. The summed E-state index contributed by atoms with van der Waals surface area (Å²) < 4.78 is 18.7. The van der Waals surface area contributed by atoms with Crippen LogP contribution in [0.1, 0.15) is 16.7 Å². The Morgan fingerprint density at radius 2 is 1.72 bits per heavy atom. The minimum Gasteiger partial charge on any atom is -0.457 e. The molecule has 0 aliphatic carbocycles. The van der Waals surface area contributed by atoms with Crippen molar-refractivity contribution < 1.29 is 14.2 Å². The van der Waals surface area contributed by atoms with E-state index in [0.717, 1.165) is 11.1 Å². The highest BCUT2D eigenvalue weighted by molar-refractivity contribution is 5.40. The molecule has 18 heavy (non-hydrogen) atoms. The maximum atomic E-state index is 13.0. The number of hydrogen-bond acceptors (Lipinski definition) is 2. The van der Waals surface area contributed by atoms with Crippen LogP contribution in [0, 0.1) is 19.7 Å². The van der Waals surface area contributed by atoms with Crippen molar-refractivity contribution in [1.82, 2.24) is 0 Å². The Balaban J connectivity index is 2.33. The molecule has 2 aromatic carbocycles. The standard InChI is InChI=1S/C15H15FO2/c1-10-5-11(2)7-14(6-10)18-15-4-3-13(16)8-12(15)9-17/h3-8,17H,9H2,1-2H3. The van der Waals surface area contributed by atoms with E-state index in [1.807, 2.05) is 32.0 Å². The van der Waals surface area contributed by atoms with E-state index in [1.165, 1.54) is 18.2 Å². The number of benzene rings is 2. The van der Waals surface area contributed by atoms with Gasteiger partial charge < -0.3 is 9.84 Å². The van der Waals surface area contributed by atoms with Crippen LogP contribution in [0.3, 0.4) is 0 Å². The molecule has 0 aliphatic rings. The molecule has 1 N–H and O–H groups in total. The second-order valence-corrected chi connectivity index (χ2v) is 4.34. The number of hydrogen-bond donors (Lipinski definition) is 1. The van der Waals surface area contributed by atoms with E-state index in [0.29, 0.717) is 17.1 Å². The zero-order valence-corrected chi connectivity index (χ0v) is 10.4.